The van der Waals surface area contributed by atoms with Crippen molar-refractivity contribution >= 4 is 28.4 Å². The van der Waals surface area contributed by atoms with Crippen molar-refractivity contribution in [1.29, 1.82) is 0 Å². The maximum atomic E-state index is 12.2. The van der Waals surface area contributed by atoms with E-state index in [9.17, 15) is 9.90 Å². The van der Waals surface area contributed by atoms with E-state index in [4.69, 9.17) is 0 Å². The Kier molecular flexibility index (Phi) is 4.63. The van der Waals surface area contributed by atoms with Gasteiger partial charge in [-0.3, -0.25) is 4.79 Å². The van der Waals surface area contributed by atoms with Gasteiger partial charge in [0.05, 0.1) is 5.60 Å². The van der Waals surface area contributed by atoms with Crippen molar-refractivity contribution in [3.8, 4) is 0 Å². The van der Waals surface area contributed by atoms with E-state index in [1.54, 1.807) is 0 Å². The highest BCUT2D eigenvalue weighted by molar-refractivity contribution is 14.1. The first-order valence-electron chi connectivity index (χ1n) is 10.5. The number of halogens is 1. The van der Waals surface area contributed by atoms with Gasteiger partial charge in [0.15, 0.2) is 0 Å². The summed E-state index contributed by atoms with van der Waals surface area (Å²) in [5.74, 6) is 3.89. The van der Waals surface area contributed by atoms with E-state index in [1.165, 1.54) is 38.5 Å². The minimum absolute atomic E-state index is 0.272. The number of carbonyl (C=O) groups excluding carboxylic acids is 1. The van der Waals surface area contributed by atoms with Crippen LogP contribution in [0.1, 0.15) is 78.6 Å². The third-order valence-corrected chi connectivity index (χ3v) is 11.0. The average molecular weight is 458 g/mol. The molecule has 4 fully saturated rings. The highest BCUT2D eigenvalue weighted by atomic mass is 127. The number of Topliss-reactive ketones (excluding diaryl/α,β-unsaturated/α-hetero) is 1. The first kappa shape index (κ1) is 18.7. The minimum Gasteiger partial charge on any atom is -0.389 e. The molecule has 3 heteroatoms. The normalized spacial score (nSPS) is 55.2. The molecule has 0 aromatic carbocycles. The molecule has 142 valence electrons. The molecule has 0 radical (unpaired) electrons. The number of ketones is 1. The van der Waals surface area contributed by atoms with Crippen LogP contribution in [0.5, 0.6) is 0 Å². The molecule has 0 aromatic rings. The lowest BCUT2D eigenvalue weighted by Gasteiger charge is -2.62. The summed E-state index contributed by atoms with van der Waals surface area (Å²) < 4.78 is 0.881. The summed E-state index contributed by atoms with van der Waals surface area (Å²) in [5.41, 5.74) is 0.290. The summed E-state index contributed by atoms with van der Waals surface area (Å²) in [7, 11) is 0. The van der Waals surface area contributed by atoms with E-state index >= 15 is 0 Å². The second kappa shape index (κ2) is 6.18. The summed E-state index contributed by atoms with van der Waals surface area (Å²) in [4.78, 5) is 12.2. The van der Waals surface area contributed by atoms with Crippen molar-refractivity contribution in [1.82, 2.24) is 0 Å². The molecule has 1 N–H and O–H groups in total. The summed E-state index contributed by atoms with van der Waals surface area (Å²) in [5, 5.41) is 10.9. The second-order valence-electron chi connectivity index (χ2n) is 10.5. The van der Waals surface area contributed by atoms with Crippen LogP contribution in [-0.4, -0.2) is 20.9 Å². The number of carbonyl (C=O) groups is 1. The highest BCUT2D eigenvalue weighted by Gasteiger charge is 2.61. The molecule has 2 nitrogen and oxygen atoms in total. The third-order valence-electron chi connectivity index (χ3n) is 9.56. The average Bonchev–Trinajstić information content (AvgIpc) is 2.93. The maximum Gasteiger partial charge on any atom is 0.133 e. The molecule has 4 saturated carbocycles. The Morgan fingerprint density at radius 2 is 1.72 bits per heavy atom. The van der Waals surface area contributed by atoms with Crippen molar-refractivity contribution < 1.29 is 9.90 Å². The molecule has 25 heavy (non-hydrogen) atoms. The van der Waals surface area contributed by atoms with Crippen molar-refractivity contribution in [2.24, 2.45) is 40.4 Å². The summed E-state index contributed by atoms with van der Waals surface area (Å²) >= 11 is 2.38. The van der Waals surface area contributed by atoms with E-state index in [1.807, 2.05) is 6.92 Å². The van der Waals surface area contributed by atoms with E-state index in [0.717, 1.165) is 41.4 Å². The van der Waals surface area contributed by atoms with E-state index in [0.29, 0.717) is 23.0 Å². The third kappa shape index (κ3) is 2.68. The highest BCUT2D eigenvalue weighted by Crippen LogP contribution is 2.68. The Morgan fingerprint density at radius 3 is 2.40 bits per heavy atom. The number of fused-ring (bicyclic) bond motifs is 5. The lowest BCUT2D eigenvalue weighted by molar-refractivity contribution is -0.148. The van der Waals surface area contributed by atoms with Gasteiger partial charge in [0.2, 0.25) is 0 Å². The van der Waals surface area contributed by atoms with E-state index in [2.05, 4.69) is 36.4 Å². The Bertz CT molecular complexity index is 562. The van der Waals surface area contributed by atoms with Crippen LogP contribution >= 0.6 is 22.6 Å². The number of hydrogen-bond donors (Lipinski definition) is 1. The fourth-order valence-corrected chi connectivity index (χ4v) is 8.80. The number of rotatable bonds is 2. The zero-order chi connectivity index (χ0) is 18.0. The first-order chi connectivity index (χ1) is 11.7. The van der Waals surface area contributed by atoms with E-state index in [-0.39, 0.29) is 5.41 Å². The smallest absolute Gasteiger partial charge is 0.133 e. The lowest BCUT2D eigenvalue weighted by Crippen LogP contribution is -2.56. The molecule has 0 amide bonds. The molecule has 4 aliphatic rings. The van der Waals surface area contributed by atoms with Crippen LogP contribution in [-0.2, 0) is 4.79 Å². The topological polar surface area (TPSA) is 37.3 Å². The predicted octanol–water partition coefficient (Wildman–Crippen LogP) is 5.40. The van der Waals surface area contributed by atoms with Crippen molar-refractivity contribution in [3.63, 3.8) is 0 Å². The van der Waals surface area contributed by atoms with Crippen LogP contribution in [0.4, 0.5) is 0 Å². The number of alkyl halides is 1. The van der Waals surface area contributed by atoms with Gasteiger partial charge in [-0.1, -0.05) is 36.4 Å². The number of aliphatic hydroxyl groups is 1. The Morgan fingerprint density at radius 1 is 1.00 bits per heavy atom. The Hall–Kier alpha value is 0.360. The second-order valence-corrected chi connectivity index (χ2v) is 11.3. The zero-order valence-electron chi connectivity index (χ0n) is 16.2. The number of hydrogen-bond acceptors (Lipinski definition) is 2. The van der Waals surface area contributed by atoms with Crippen LogP contribution in [0.15, 0.2) is 0 Å². The van der Waals surface area contributed by atoms with Gasteiger partial charge in [-0.15, -0.1) is 0 Å². The monoisotopic (exact) mass is 458 g/mol. The fourth-order valence-electron chi connectivity index (χ4n) is 8.11. The van der Waals surface area contributed by atoms with Crippen molar-refractivity contribution in [2.45, 2.75) is 84.2 Å². The van der Waals surface area contributed by atoms with Gasteiger partial charge in [-0.2, -0.15) is 0 Å². The minimum atomic E-state index is -0.409. The molecule has 8 atom stereocenters. The largest absolute Gasteiger partial charge is 0.389 e. The van der Waals surface area contributed by atoms with E-state index < -0.39 is 5.60 Å². The SMILES string of the molecule is CC(=O)[C@H]1CCC2C3CC[C@H]4C[C@@](O)(CI)CC[C@]4(C)C3CC[C@@]21C. The molecule has 0 bridgehead atoms. The molecular formula is C22H35IO2. The van der Waals surface area contributed by atoms with Gasteiger partial charge < -0.3 is 5.11 Å². The van der Waals surface area contributed by atoms with Gasteiger partial charge in [-0.25, -0.2) is 0 Å². The van der Waals surface area contributed by atoms with Crippen LogP contribution < -0.4 is 0 Å². The van der Waals surface area contributed by atoms with Gasteiger partial charge >= 0.3 is 0 Å². The van der Waals surface area contributed by atoms with Gasteiger partial charge in [-0.05, 0) is 99.2 Å². The molecule has 3 unspecified atom stereocenters. The molecule has 0 aromatic heterocycles. The summed E-state index contributed by atoms with van der Waals surface area (Å²) in [6.07, 6.45) is 10.8. The zero-order valence-corrected chi connectivity index (χ0v) is 18.3. The van der Waals surface area contributed by atoms with Crippen LogP contribution in [0, 0.1) is 40.4 Å². The Balaban J connectivity index is 1.59. The summed E-state index contributed by atoms with van der Waals surface area (Å²) in [6, 6.07) is 0. The first-order valence-corrected chi connectivity index (χ1v) is 12.0. The Labute approximate surface area is 167 Å². The standard InChI is InChI=1S/C22H35IO2/c1-14(24)17-6-7-18-16-5-4-15-12-22(25,13-23)11-10-20(15,2)19(16)8-9-21(17,18)3/h15-19,25H,4-13H2,1-3H3/t15-,16?,17+,18?,19?,20-,21+,22+/m0/s1. The van der Waals surface area contributed by atoms with Crippen LogP contribution in [0.3, 0.4) is 0 Å². The van der Waals surface area contributed by atoms with Crippen LogP contribution in [0.2, 0.25) is 0 Å². The van der Waals surface area contributed by atoms with Crippen LogP contribution in [0.25, 0.3) is 0 Å². The maximum absolute atomic E-state index is 12.2. The molecular weight excluding hydrogens is 423 g/mol. The lowest BCUT2D eigenvalue weighted by atomic mass is 9.44. The molecule has 0 saturated heterocycles. The van der Waals surface area contributed by atoms with Gasteiger partial charge in [0.25, 0.3) is 0 Å². The fraction of sp³-hybridized carbons (Fsp3) is 0.955. The van der Waals surface area contributed by atoms with Gasteiger partial charge in [0.1, 0.15) is 5.78 Å². The predicted molar refractivity (Wildman–Crippen MR) is 110 cm³/mol. The van der Waals surface area contributed by atoms with Gasteiger partial charge in [0, 0.05) is 10.3 Å². The quantitative estimate of drug-likeness (QED) is 0.445. The summed E-state index contributed by atoms with van der Waals surface area (Å²) in [6.45, 7) is 6.83. The molecule has 0 spiro atoms. The molecule has 4 aliphatic carbocycles. The molecule has 4 rings (SSSR count). The van der Waals surface area contributed by atoms with Crippen molar-refractivity contribution in [3.05, 3.63) is 0 Å². The van der Waals surface area contributed by atoms with Crippen molar-refractivity contribution in [2.75, 3.05) is 4.43 Å². The molecule has 0 aliphatic heterocycles. The molecule has 0 heterocycles.